The van der Waals surface area contributed by atoms with Gasteiger partial charge in [-0.1, -0.05) is 11.6 Å². The van der Waals surface area contributed by atoms with E-state index in [1.807, 2.05) is 18.2 Å². The fourth-order valence-corrected chi connectivity index (χ4v) is 2.23. The number of aromatic nitrogens is 2. The Bertz CT molecular complexity index is 655. The molecule has 1 aromatic carbocycles. The summed E-state index contributed by atoms with van der Waals surface area (Å²) in [5, 5.41) is 1.93. The third kappa shape index (κ3) is 1.83. The van der Waals surface area contributed by atoms with E-state index in [4.69, 9.17) is 16.0 Å². The lowest BCUT2D eigenvalue weighted by atomic mass is 10.2. The molecule has 0 saturated carbocycles. The van der Waals surface area contributed by atoms with Crippen molar-refractivity contribution >= 4 is 22.5 Å². The predicted octanol–water partition coefficient (Wildman–Crippen LogP) is 3.64. The van der Waals surface area contributed by atoms with Crippen LogP contribution >= 0.6 is 11.6 Å². The van der Waals surface area contributed by atoms with E-state index >= 15 is 0 Å². The quantitative estimate of drug-likeness (QED) is 0.691. The van der Waals surface area contributed by atoms with Gasteiger partial charge < -0.3 is 8.98 Å². The van der Waals surface area contributed by atoms with Crippen LogP contribution in [0.25, 0.3) is 10.9 Å². The smallest absolute Gasteiger partial charge is 0.213 e. The highest BCUT2D eigenvalue weighted by Crippen LogP contribution is 2.24. The number of oxazole rings is 1. The second kappa shape index (κ2) is 3.93. The lowest BCUT2D eigenvalue weighted by Gasteiger charge is -2.01. The zero-order chi connectivity index (χ0) is 11.8. The summed E-state index contributed by atoms with van der Waals surface area (Å²) < 4.78 is 7.38. The first-order chi connectivity index (χ1) is 8.24. The number of hydrogen-bond donors (Lipinski definition) is 0. The number of fused-ring (bicyclic) bond motifs is 1. The van der Waals surface area contributed by atoms with Crippen LogP contribution in [-0.2, 0) is 6.54 Å². The summed E-state index contributed by atoms with van der Waals surface area (Å²) >= 11 is 6.00. The lowest BCUT2D eigenvalue weighted by molar-refractivity contribution is 0.481. The molecule has 2 aromatic heterocycles. The molecule has 2 heterocycles. The van der Waals surface area contributed by atoms with E-state index in [-0.39, 0.29) is 0 Å². The molecule has 0 aliphatic carbocycles. The van der Waals surface area contributed by atoms with E-state index in [9.17, 15) is 0 Å². The molecule has 0 radical (unpaired) electrons. The molecule has 3 rings (SSSR count). The average molecular weight is 247 g/mol. The topological polar surface area (TPSA) is 31.0 Å². The summed E-state index contributed by atoms with van der Waals surface area (Å²) in [6, 6.07) is 5.90. The predicted molar refractivity (Wildman–Crippen MR) is 67.3 cm³/mol. The van der Waals surface area contributed by atoms with Crippen molar-refractivity contribution in [3.05, 3.63) is 53.3 Å². The summed E-state index contributed by atoms with van der Waals surface area (Å²) in [4.78, 5) is 4.13. The molecule has 0 spiro atoms. The molecule has 0 unspecified atom stereocenters. The van der Waals surface area contributed by atoms with Gasteiger partial charge in [0, 0.05) is 22.1 Å². The molecule has 0 aliphatic rings. The fourth-order valence-electron chi connectivity index (χ4n) is 2.05. The molecule has 0 amide bonds. The van der Waals surface area contributed by atoms with E-state index in [2.05, 4.69) is 22.7 Å². The third-order valence-corrected chi connectivity index (χ3v) is 3.07. The third-order valence-electron chi connectivity index (χ3n) is 2.83. The van der Waals surface area contributed by atoms with Gasteiger partial charge in [0.05, 0.1) is 12.7 Å². The maximum Gasteiger partial charge on any atom is 0.213 e. The van der Waals surface area contributed by atoms with E-state index in [0.717, 1.165) is 10.5 Å². The van der Waals surface area contributed by atoms with Crippen LogP contribution in [0, 0.1) is 6.92 Å². The maximum atomic E-state index is 6.00. The molecular weight excluding hydrogens is 236 g/mol. The lowest BCUT2D eigenvalue weighted by Crippen LogP contribution is -1.97. The van der Waals surface area contributed by atoms with Gasteiger partial charge >= 0.3 is 0 Å². The zero-order valence-corrected chi connectivity index (χ0v) is 10.1. The number of hydrogen-bond acceptors (Lipinski definition) is 2. The van der Waals surface area contributed by atoms with Gasteiger partial charge in [-0.2, -0.15) is 0 Å². The molecular formula is C13H11ClN2O. The molecule has 0 N–H and O–H groups in total. The van der Waals surface area contributed by atoms with E-state index in [1.54, 1.807) is 12.5 Å². The minimum atomic E-state index is 0.638. The van der Waals surface area contributed by atoms with Crippen molar-refractivity contribution in [2.45, 2.75) is 13.5 Å². The van der Waals surface area contributed by atoms with Gasteiger partial charge in [0.15, 0.2) is 0 Å². The number of benzene rings is 1. The van der Waals surface area contributed by atoms with Gasteiger partial charge in [-0.15, -0.1) is 0 Å². The number of rotatable bonds is 2. The van der Waals surface area contributed by atoms with Crippen molar-refractivity contribution in [2.75, 3.05) is 0 Å². The standard InChI is InChI=1S/C13H11ClN2O/c1-9-7-16(8-13-15-4-5-17-13)12-3-2-10(14)6-11(9)12/h2-7H,8H2,1H3. The summed E-state index contributed by atoms with van der Waals surface area (Å²) in [6.07, 6.45) is 5.33. The molecule has 0 saturated heterocycles. The molecule has 4 heteroatoms. The van der Waals surface area contributed by atoms with Crippen molar-refractivity contribution in [2.24, 2.45) is 0 Å². The molecule has 17 heavy (non-hydrogen) atoms. The highest BCUT2D eigenvalue weighted by Gasteiger charge is 2.07. The summed E-state index contributed by atoms with van der Waals surface area (Å²) in [7, 11) is 0. The van der Waals surface area contributed by atoms with Crippen molar-refractivity contribution in [3.63, 3.8) is 0 Å². The molecule has 0 atom stereocenters. The van der Waals surface area contributed by atoms with Crippen LogP contribution in [0.5, 0.6) is 0 Å². The van der Waals surface area contributed by atoms with Gasteiger partial charge in [0.2, 0.25) is 5.89 Å². The Balaban J connectivity index is 2.11. The first-order valence-corrected chi connectivity index (χ1v) is 5.75. The van der Waals surface area contributed by atoms with Crippen LogP contribution in [0.1, 0.15) is 11.5 Å². The first-order valence-electron chi connectivity index (χ1n) is 5.37. The van der Waals surface area contributed by atoms with Crippen LogP contribution in [0.4, 0.5) is 0 Å². The van der Waals surface area contributed by atoms with Crippen molar-refractivity contribution in [3.8, 4) is 0 Å². The highest BCUT2D eigenvalue weighted by molar-refractivity contribution is 6.31. The Kier molecular flexibility index (Phi) is 2.41. The molecule has 86 valence electrons. The second-order valence-corrected chi connectivity index (χ2v) is 4.46. The molecule has 0 aliphatic heterocycles. The Morgan fingerprint density at radius 3 is 3.06 bits per heavy atom. The number of halogens is 1. The molecule has 3 aromatic rings. The van der Waals surface area contributed by atoms with Crippen molar-refractivity contribution in [1.82, 2.24) is 9.55 Å². The average Bonchev–Trinajstić information content (AvgIpc) is 2.89. The first kappa shape index (κ1) is 10.4. The molecule has 0 bridgehead atoms. The minimum Gasteiger partial charge on any atom is -0.447 e. The van der Waals surface area contributed by atoms with Crippen molar-refractivity contribution in [1.29, 1.82) is 0 Å². The number of nitrogens with zero attached hydrogens (tertiary/aromatic N) is 2. The van der Waals surface area contributed by atoms with Gasteiger partial charge in [-0.3, -0.25) is 0 Å². The van der Waals surface area contributed by atoms with E-state index in [1.165, 1.54) is 10.9 Å². The van der Waals surface area contributed by atoms with Crippen LogP contribution in [0.2, 0.25) is 5.02 Å². The van der Waals surface area contributed by atoms with Crippen molar-refractivity contribution < 1.29 is 4.42 Å². The fraction of sp³-hybridized carbons (Fsp3) is 0.154. The van der Waals surface area contributed by atoms with E-state index in [0.29, 0.717) is 12.4 Å². The zero-order valence-electron chi connectivity index (χ0n) is 9.35. The molecule has 3 nitrogen and oxygen atoms in total. The summed E-state index contributed by atoms with van der Waals surface area (Å²) in [5.74, 6) is 0.705. The minimum absolute atomic E-state index is 0.638. The Morgan fingerprint density at radius 1 is 1.41 bits per heavy atom. The summed E-state index contributed by atoms with van der Waals surface area (Å²) in [5.41, 5.74) is 2.35. The SMILES string of the molecule is Cc1cn(Cc2ncco2)c2ccc(Cl)cc12. The maximum absolute atomic E-state index is 6.00. The van der Waals surface area contributed by atoms with Crippen LogP contribution in [0.3, 0.4) is 0 Å². The largest absolute Gasteiger partial charge is 0.447 e. The Labute approximate surface area is 104 Å². The Hall–Kier alpha value is -1.74. The van der Waals surface area contributed by atoms with Gasteiger partial charge in [-0.05, 0) is 30.7 Å². The van der Waals surface area contributed by atoms with Crippen LogP contribution in [0.15, 0.2) is 41.3 Å². The summed E-state index contributed by atoms with van der Waals surface area (Å²) in [6.45, 7) is 2.71. The van der Waals surface area contributed by atoms with Crippen LogP contribution in [-0.4, -0.2) is 9.55 Å². The molecule has 0 fully saturated rings. The van der Waals surface area contributed by atoms with Crippen LogP contribution < -0.4 is 0 Å². The monoisotopic (exact) mass is 246 g/mol. The van der Waals surface area contributed by atoms with Gasteiger partial charge in [0.25, 0.3) is 0 Å². The highest BCUT2D eigenvalue weighted by atomic mass is 35.5. The van der Waals surface area contributed by atoms with E-state index < -0.39 is 0 Å². The van der Waals surface area contributed by atoms with Gasteiger partial charge in [-0.25, -0.2) is 4.98 Å². The second-order valence-electron chi connectivity index (χ2n) is 4.03. The Morgan fingerprint density at radius 2 is 2.29 bits per heavy atom. The normalized spacial score (nSPS) is 11.2. The number of aryl methyl sites for hydroxylation is 1. The van der Waals surface area contributed by atoms with Gasteiger partial charge in [0.1, 0.15) is 6.26 Å².